The molecule has 3 aliphatic rings. The van der Waals surface area contributed by atoms with E-state index >= 15 is 0 Å². The van der Waals surface area contributed by atoms with Crippen LogP contribution in [-0.2, 0) is 9.59 Å². The molecule has 0 atom stereocenters. The fraction of sp³-hybridized carbons (Fsp3) is 0.818. The third kappa shape index (κ3) is 1.15. The Morgan fingerprint density at radius 2 is 1.64 bits per heavy atom. The average molecular weight is 195 g/mol. The van der Waals surface area contributed by atoms with Crippen molar-refractivity contribution in [1.29, 1.82) is 0 Å². The van der Waals surface area contributed by atoms with Gasteiger partial charge in [-0.25, -0.2) is 0 Å². The molecule has 0 aromatic heterocycles. The van der Waals surface area contributed by atoms with Crippen LogP contribution in [0.15, 0.2) is 0 Å². The van der Waals surface area contributed by atoms with Gasteiger partial charge in [0.25, 0.3) is 0 Å². The highest BCUT2D eigenvalue weighted by Crippen LogP contribution is 2.40. The molecule has 14 heavy (non-hydrogen) atoms. The molecule has 78 valence electrons. The standard InChI is InChI=1S/C11H17NO2/c1-8(13)11(9(2)14)7-10-3-5-12(11)6-4-10/h10H,3-7H2,1-2H3. The Morgan fingerprint density at radius 3 is 1.86 bits per heavy atom. The minimum atomic E-state index is -0.749. The summed E-state index contributed by atoms with van der Waals surface area (Å²) in [6.07, 6.45) is 3.07. The molecule has 3 heteroatoms. The fourth-order valence-corrected chi connectivity index (χ4v) is 3.05. The van der Waals surface area contributed by atoms with Crippen molar-refractivity contribution < 1.29 is 9.59 Å². The minimum absolute atomic E-state index is 0.0365. The Kier molecular flexibility index (Phi) is 2.22. The Bertz CT molecular complexity index is 263. The van der Waals surface area contributed by atoms with Crippen molar-refractivity contribution in [3.8, 4) is 0 Å². The van der Waals surface area contributed by atoms with Crippen molar-refractivity contribution in [1.82, 2.24) is 4.90 Å². The fourth-order valence-electron chi connectivity index (χ4n) is 3.05. The lowest BCUT2D eigenvalue weighted by atomic mass is 9.71. The summed E-state index contributed by atoms with van der Waals surface area (Å²) in [5.41, 5.74) is -0.749. The van der Waals surface area contributed by atoms with Gasteiger partial charge in [-0.3, -0.25) is 14.5 Å². The number of piperidine rings is 3. The zero-order valence-corrected chi connectivity index (χ0v) is 8.88. The van der Waals surface area contributed by atoms with Gasteiger partial charge in [0.05, 0.1) is 0 Å². The van der Waals surface area contributed by atoms with Crippen LogP contribution in [0.4, 0.5) is 0 Å². The molecular formula is C11H17NO2. The molecule has 3 heterocycles. The van der Waals surface area contributed by atoms with E-state index in [-0.39, 0.29) is 11.6 Å². The maximum absolute atomic E-state index is 11.7. The lowest BCUT2D eigenvalue weighted by Crippen LogP contribution is -2.65. The van der Waals surface area contributed by atoms with Crippen molar-refractivity contribution in [2.45, 2.75) is 38.6 Å². The summed E-state index contributed by atoms with van der Waals surface area (Å²) in [6.45, 7) is 4.96. The van der Waals surface area contributed by atoms with Crippen LogP contribution in [0, 0.1) is 5.92 Å². The predicted octanol–water partition coefficient (Wildman–Crippen LogP) is 1.02. The molecule has 3 rings (SSSR count). The van der Waals surface area contributed by atoms with Crippen molar-refractivity contribution >= 4 is 11.6 Å². The molecule has 0 N–H and O–H groups in total. The SMILES string of the molecule is CC(=O)C1(C(C)=O)CC2CCN1CC2. The first-order valence-electron chi connectivity index (χ1n) is 5.34. The van der Waals surface area contributed by atoms with Crippen LogP contribution in [0.5, 0.6) is 0 Å². The van der Waals surface area contributed by atoms with Crippen molar-refractivity contribution in [2.75, 3.05) is 13.1 Å². The van der Waals surface area contributed by atoms with E-state index in [9.17, 15) is 9.59 Å². The summed E-state index contributed by atoms with van der Waals surface area (Å²) in [5, 5.41) is 0. The molecule has 3 aliphatic heterocycles. The van der Waals surface area contributed by atoms with Crippen LogP contribution in [0.1, 0.15) is 33.1 Å². The molecule has 0 saturated carbocycles. The first-order chi connectivity index (χ1) is 6.57. The molecule has 0 aliphatic carbocycles. The molecule has 0 spiro atoms. The highest BCUT2D eigenvalue weighted by atomic mass is 16.2. The largest absolute Gasteiger partial charge is 0.297 e. The monoisotopic (exact) mass is 195 g/mol. The van der Waals surface area contributed by atoms with Crippen molar-refractivity contribution in [2.24, 2.45) is 5.92 Å². The second kappa shape index (κ2) is 3.16. The van der Waals surface area contributed by atoms with Crippen LogP contribution in [0.25, 0.3) is 0 Å². The van der Waals surface area contributed by atoms with Gasteiger partial charge in [0, 0.05) is 0 Å². The van der Waals surface area contributed by atoms with E-state index in [0.29, 0.717) is 5.92 Å². The normalized spacial score (nSPS) is 34.1. The Labute approximate surface area is 84.5 Å². The number of nitrogens with zero attached hydrogens (tertiary/aromatic N) is 1. The van der Waals surface area contributed by atoms with Gasteiger partial charge in [-0.15, -0.1) is 0 Å². The van der Waals surface area contributed by atoms with Gasteiger partial charge in [0.15, 0.2) is 11.6 Å². The molecule has 0 radical (unpaired) electrons. The van der Waals surface area contributed by atoms with Crippen molar-refractivity contribution in [3.63, 3.8) is 0 Å². The van der Waals surface area contributed by atoms with Gasteiger partial charge >= 0.3 is 0 Å². The summed E-state index contributed by atoms with van der Waals surface area (Å²) >= 11 is 0. The minimum Gasteiger partial charge on any atom is -0.297 e. The number of hydrogen-bond acceptors (Lipinski definition) is 3. The molecule has 3 fully saturated rings. The summed E-state index contributed by atoms with van der Waals surface area (Å²) in [6, 6.07) is 0. The summed E-state index contributed by atoms with van der Waals surface area (Å²) in [7, 11) is 0. The number of fused-ring (bicyclic) bond motifs is 3. The highest BCUT2D eigenvalue weighted by Gasteiger charge is 2.52. The second-order valence-electron chi connectivity index (χ2n) is 4.61. The van der Waals surface area contributed by atoms with E-state index in [4.69, 9.17) is 0 Å². The van der Waals surface area contributed by atoms with E-state index in [1.807, 2.05) is 0 Å². The smallest absolute Gasteiger partial charge is 0.157 e. The van der Waals surface area contributed by atoms with Gasteiger partial charge in [-0.2, -0.15) is 0 Å². The molecule has 0 aromatic carbocycles. The quantitative estimate of drug-likeness (QED) is 0.617. The number of rotatable bonds is 2. The lowest BCUT2D eigenvalue weighted by Gasteiger charge is -2.51. The van der Waals surface area contributed by atoms with E-state index < -0.39 is 5.54 Å². The van der Waals surface area contributed by atoms with Crippen molar-refractivity contribution in [3.05, 3.63) is 0 Å². The molecule has 3 saturated heterocycles. The van der Waals surface area contributed by atoms with Crippen LogP contribution in [0.3, 0.4) is 0 Å². The summed E-state index contributed by atoms with van der Waals surface area (Å²) in [4.78, 5) is 25.5. The van der Waals surface area contributed by atoms with Crippen LogP contribution in [0.2, 0.25) is 0 Å². The molecule has 3 nitrogen and oxygen atoms in total. The Morgan fingerprint density at radius 1 is 1.14 bits per heavy atom. The third-order valence-corrected chi connectivity index (χ3v) is 3.90. The van der Waals surface area contributed by atoms with E-state index in [1.54, 1.807) is 13.8 Å². The maximum atomic E-state index is 11.7. The molecule has 0 amide bonds. The number of carbonyl (C=O) groups excluding carboxylic acids is 2. The number of carbonyl (C=O) groups is 2. The van der Waals surface area contributed by atoms with Gasteiger partial charge in [-0.05, 0) is 52.1 Å². The molecule has 2 bridgehead atoms. The van der Waals surface area contributed by atoms with Gasteiger partial charge in [0.2, 0.25) is 0 Å². The van der Waals surface area contributed by atoms with E-state index in [0.717, 1.165) is 32.4 Å². The molecule has 0 unspecified atom stereocenters. The predicted molar refractivity (Wildman–Crippen MR) is 53.0 cm³/mol. The Hall–Kier alpha value is -0.700. The molecular weight excluding hydrogens is 178 g/mol. The van der Waals surface area contributed by atoms with Crippen LogP contribution >= 0.6 is 0 Å². The van der Waals surface area contributed by atoms with Gasteiger partial charge in [-0.1, -0.05) is 0 Å². The average Bonchev–Trinajstić information content (AvgIpc) is 2.18. The topological polar surface area (TPSA) is 37.4 Å². The first kappa shape index (κ1) is 9.84. The van der Waals surface area contributed by atoms with E-state index in [2.05, 4.69) is 4.90 Å². The molecule has 0 aromatic rings. The highest BCUT2D eigenvalue weighted by molar-refractivity contribution is 6.09. The van der Waals surface area contributed by atoms with Crippen LogP contribution < -0.4 is 0 Å². The number of hydrogen-bond donors (Lipinski definition) is 0. The summed E-state index contributed by atoms with van der Waals surface area (Å²) < 4.78 is 0. The number of Topliss-reactive ketones (excluding diaryl/α,β-unsaturated/α-hetero) is 2. The zero-order chi connectivity index (χ0) is 10.3. The third-order valence-electron chi connectivity index (χ3n) is 3.90. The lowest BCUT2D eigenvalue weighted by molar-refractivity contribution is -0.150. The Balaban J connectivity index is 2.36. The van der Waals surface area contributed by atoms with Crippen LogP contribution in [-0.4, -0.2) is 35.1 Å². The summed E-state index contributed by atoms with van der Waals surface area (Å²) in [5.74, 6) is 0.664. The zero-order valence-electron chi connectivity index (χ0n) is 8.88. The first-order valence-corrected chi connectivity index (χ1v) is 5.34. The van der Waals surface area contributed by atoms with Gasteiger partial charge < -0.3 is 0 Å². The van der Waals surface area contributed by atoms with Gasteiger partial charge in [0.1, 0.15) is 5.54 Å². The maximum Gasteiger partial charge on any atom is 0.157 e. The van der Waals surface area contributed by atoms with E-state index in [1.165, 1.54) is 0 Å². The number of ketones is 2. The second-order valence-corrected chi connectivity index (χ2v) is 4.61.